The summed E-state index contributed by atoms with van der Waals surface area (Å²) in [6.45, 7) is 14.3. The van der Waals surface area contributed by atoms with E-state index in [1.807, 2.05) is 24.3 Å². The highest BCUT2D eigenvalue weighted by molar-refractivity contribution is 6.80. The maximum Gasteiger partial charge on any atom is 0.189 e. The van der Waals surface area contributed by atoms with E-state index >= 15 is 0 Å². The van der Waals surface area contributed by atoms with Crippen LogP contribution in [0.25, 0.3) is 0 Å². The van der Waals surface area contributed by atoms with Gasteiger partial charge in [0.05, 0.1) is 22.3 Å². The fourth-order valence-electron chi connectivity index (χ4n) is 4.40. The maximum absolute atomic E-state index is 9.81. The molecule has 2 aromatic rings. The Morgan fingerprint density at radius 2 is 1.26 bits per heavy atom. The Hall–Kier alpha value is -1.97. The molecule has 0 aliphatic rings. The lowest BCUT2D eigenvalue weighted by Crippen LogP contribution is -2.49. The molecule has 0 aromatic heterocycles. The Bertz CT molecular complexity index is 945. The molecule has 0 amide bonds. The van der Waals surface area contributed by atoms with Crippen molar-refractivity contribution in [3.8, 4) is 23.0 Å². The monoisotopic (exact) mass is 518 g/mol. The van der Waals surface area contributed by atoms with Gasteiger partial charge < -0.3 is 24.1 Å². The van der Waals surface area contributed by atoms with Crippen LogP contribution >= 0.6 is 0 Å². The number of aromatic hydroxyl groups is 2. The molecule has 0 fully saturated rings. The highest BCUT2D eigenvalue weighted by Crippen LogP contribution is 2.33. The molecule has 0 aliphatic carbocycles. The minimum Gasteiger partial charge on any atom is -0.504 e. The summed E-state index contributed by atoms with van der Waals surface area (Å²) in [6.07, 6.45) is 5.32. The van der Waals surface area contributed by atoms with Crippen molar-refractivity contribution >= 4 is 16.4 Å². The van der Waals surface area contributed by atoms with Crippen LogP contribution in [0.3, 0.4) is 0 Å². The molecule has 2 rings (SSSR count). The average Bonchev–Trinajstić information content (AvgIpc) is 2.80. The van der Waals surface area contributed by atoms with Gasteiger partial charge >= 0.3 is 0 Å². The minimum atomic E-state index is -1.84. The van der Waals surface area contributed by atoms with E-state index in [9.17, 15) is 10.2 Å². The number of ether oxygens (including phenoxy) is 2. The number of benzene rings is 2. The summed E-state index contributed by atoms with van der Waals surface area (Å²) in [5.74, 6) is 1.47. The zero-order chi connectivity index (χ0) is 26.2. The summed E-state index contributed by atoms with van der Waals surface area (Å²) in [4.78, 5) is 0. The van der Waals surface area contributed by atoms with Crippen molar-refractivity contribution in [2.45, 2.75) is 89.5 Å². The Kier molecular flexibility index (Phi) is 10.7. The van der Waals surface area contributed by atoms with E-state index in [2.05, 4.69) is 40.0 Å². The van der Waals surface area contributed by atoms with Crippen molar-refractivity contribution in [3.05, 3.63) is 47.5 Å². The van der Waals surface area contributed by atoms with Gasteiger partial charge in [-0.2, -0.15) is 0 Å². The fraction of sp³-hybridized carbons (Fsp3) is 0.571. The molecule has 2 aromatic carbocycles. The number of phenolic OH excluding ortho intramolecular Hbond substituents is 2. The van der Waals surface area contributed by atoms with Gasteiger partial charge in [-0.05, 0) is 80.2 Å². The van der Waals surface area contributed by atoms with Crippen LogP contribution in [0, 0.1) is 0 Å². The lowest BCUT2D eigenvalue weighted by Gasteiger charge is -2.39. The van der Waals surface area contributed by atoms with Crippen LogP contribution in [0.15, 0.2) is 36.4 Å². The molecule has 35 heavy (non-hydrogen) atoms. The number of hydrogen-bond donors (Lipinski definition) is 2. The third-order valence-electron chi connectivity index (χ3n) is 7.65. The third-order valence-corrected chi connectivity index (χ3v) is 15.5. The SMILES string of the molecule is COc1cc(CCCC(C)[Si](C)(C)OC(C)[Si](C)(C)CCCc2ccc(O)c(OC)c2)ccc1O. The van der Waals surface area contributed by atoms with Gasteiger partial charge in [-0.3, -0.25) is 0 Å². The summed E-state index contributed by atoms with van der Waals surface area (Å²) < 4.78 is 17.3. The normalized spacial score (nSPS) is 13.9. The average molecular weight is 519 g/mol. The number of aryl methyl sites for hydroxylation is 2. The molecule has 0 saturated heterocycles. The number of hydrogen-bond acceptors (Lipinski definition) is 5. The molecule has 196 valence electrons. The predicted octanol–water partition coefficient (Wildman–Crippen LogP) is 7.32. The number of methoxy groups -OCH3 is 2. The van der Waals surface area contributed by atoms with E-state index in [1.54, 1.807) is 26.4 Å². The summed E-state index contributed by atoms with van der Waals surface area (Å²) >= 11 is 0. The van der Waals surface area contributed by atoms with Gasteiger partial charge in [0.15, 0.2) is 31.3 Å². The van der Waals surface area contributed by atoms with E-state index in [-0.39, 0.29) is 11.5 Å². The smallest absolute Gasteiger partial charge is 0.189 e. The Morgan fingerprint density at radius 1 is 0.771 bits per heavy atom. The van der Waals surface area contributed by atoms with Gasteiger partial charge in [0, 0.05) is 5.73 Å². The van der Waals surface area contributed by atoms with Gasteiger partial charge in [0.1, 0.15) is 0 Å². The van der Waals surface area contributed by atoms with Gasteiger partial charge in [-0.15, -0.1) is 0 Å². The Labute approximate surface area is 214 Å². The van der Waals surface area contributed by atoms with Crippen LogP contribution in [0.2, 0.25) is 37.8 Å². The van der Waals surface area contributed by atoms with Crippen molar-refractivity contribution in [2.24, 2.45) is 0 Å². The molecular weight excluding hydrogens is 472 g/mol. The molecule has 2 N–H and O–H groups in total. The van der Waals surface area contributed by atoms with Crippen molar-refractivity contribution in [1.29, 1.82) is 0 Å². The summed E-state index contributed by atoms with van der Waals surface area (Å²) in [7, 11) is -0.221. The molecule has 0 radical (unpaired) electrons. The van der Waals surface area contributed by atoms with Crippen LogP contribution in [-0.2, 0) is 17.3 Å². The van der Waals surface area contributed by atoms with Crippen molar-refractivity contribution in [3.63, 3.8) is 0 Å². The molecule has 0 aliphatic heterocycles. The highest BCUT2D eigenvalue weighted by atomic mass is 28.4. The summed E-state index contributed by atoms with van der Waals surface area (Å²) in [5, 5.41) is 19.6. The fourth-order valence-corrected chi connectivity index (χ4v) is 10.1. The second-order valence-electron chi connectivity index (χ2n) is 11.0. The van der Waals surface area contributed by atoms with Crippen LogP contribution in [0.1, 0.15) is 44.2 Å². The van der Waals surface area contributed by atoms with Crippen molar-refractivity contribution in [2.75, 3.05) is 14.2 Å². The zero-order valence-electron chi connectivity index (χ0n) is 23.0. The van der Waals surface area contributed by atoms with Gasteiger partial charge in [0.2, 0.25) is 0 Å². The third kappa shape index (κ3) is 8.58. The van der Waals surface area contributed by atoms with E-state index in [1.165, 1.54) is 17.2 Å². The Morgan fingerprint density at radius 3 is 1.74 bits per heavy atom. The Balaban J connectivity index is 1.84. The van der Waals surface area contributed by atoms with Crippen LogP contribution in [0.4, 0.5) is 0 Å². The second-order valence-corrected chi connectivity index (χ2v) is 20.7. The summed E-state index contributed by atoms with van der Waals surface area (Å²) in [6, 6.07) is 12.5. The van der Waals surface area contributed by atoms with E-state index in [4.69, 9.17) is 13.9 Å². The quantitative estimate of drug-likeness (QED) is 0.256. The van der Waals surface area contributed by atoms with Gasteiger partial charge in [0.25, 0.3) is 0 Å². The minimum absolute atomic E-state index is 0.190. The standard InChI is InChI=1S/C28H46O5Si2/c1-21(11-9-12-23-14-16-25(29)27(19-23)31-3)35(7,8)33-22(2)34(5,6)18-10-13-24-15-17-26(30)28(20-24)32-4/h14-17,19-22,29-30H,9-13,18H2,1-8H3. The van der Waals surface area contributed by atoms with E-state index in [0.29, 0.717) is 22.8 Å². The van der Waals surface area contributed by atoms with Gasteiger partial charge in [-0.25, -0.2) is 0 Å². The molecule has 0 saturated carbocycles. The zero-order valence-corrected chi connectivity index (χ0v) is 25.0. The first-order chi connectivity index (χ1) is 16.4. The molecule has 0 bridgehead atoms. The number of phenols is 2. The van der Waals surface area contributed by atoms with E-state index in [0.717, 1.165) is 32.1 Å². The molecule has 0 heterocycles. The van der Waals surface area contributed by atoms with Crippen molar-refractivity contribution in [1.82, 2.24) is 0 Å². The van der Waals surface area contributed by atoms with E-state index < -0.39 is 16.4 Å². The molecule has 5 nitrogen and oxygen atoms in total. The highest BCUT2D eigenvalue weighted by Gasteiger charge is 2.37. The summed E-state index contributed by atoms with van der Waals surface area (Å²) in [5.41, 5.74) is 3.29. The predicted molar refractivity (Wildman–Crippen MR) is 150 cm³/mol. The first kappa shape index (κ1) is 29.3. The van der Waals surface area contributed by atoms with Crippen LogP contribution in [0.5, 0.6) is 23.0 Å². The molecule has 2 atom stereocenters. The lowest BCUT2D eigenvalue weighted by molar-refractivity contribution is 0.268. The lowest BCUT2D eigenvalue weighted by atomic mass is 10.1. The topological polar surface area (TPSA) is 68.2 Å². The van der Waals surface area contributed by atoms with Gasteiger partial charge in [-0.1, -0.05) is 51.0 Å². The molecule has 0 spiro atoms. The maximum atomic E-state index is 9.81. The van der Waals surface area contributed by atoms with Crippen molar-refractivity contribution < 1.29 is 24.1 Å². The van der Waals surface area contributed by atoms with Crippen LogP contribution < -0.4 is 9.47 Å². The molecule has 7 heteroatoms. The van der Waals surface area contributed by atoms with Crippen LogP contribution in [-0.4, -0.2) is 46.6 Å². The second kappa shape index (κ2) is 12.8. The molecular formula is C28H46O5Si2. The first-order valence-corrected chi connectivity index (χ1v) is 19.1. The molecule has 2 unspecified atom stereocenters. The first-order valence-electron chi connectivity index (χ1n) is 12.8. The number of rotatable bonds is 14. The largest absolute Gasteiger partial charge is 0.504 e.